The van der Waals surface area contributed by atoms with E-state index in [1.165, 1.54) is 18.4 Å². The van der Waals surface area contributed by atoms with E-state index in [0.29, 0.717) is 16.9 Å². The Kier molecular flexibility index (Phi) is 4.45. The predicted molar refractivity (Wildman–Crippen MR) is 91.2 cm³/mol. The Morgan fingerprint density at radius 1 is 1.29 bits per heavy atom. The van der Waals surface area contributed by atoms with Gasteiger partial charge in [-0.2, -0.15) is 5.26 Å². The van der Waals surface area contributed by atoms with Gasteiger partial charge in [0.15, 0.2) is 0 Å². The minimum Gasteiger partial charge on any atom is -0.485 e. The lowest BCUT2D eigenvalue weighted by molar-refractivity contribution is 0.0601. The summed E-state index contributed by atoms with van der Waals surface area (Å²) < 4.78 is 11.3. The normalized spacial score (nSPS) is 10.4. The van der Waals surface area contributed by atoms with Crippen LogP contribution in [0.1, 0.15) is 26.5 Å². The van der Waals surface area contributed by atoms with E-state index in [-0.39, 0.29) is 12.6 Å². The number of carbonyl (C=O) groups is 1. The third-order valence-electron chi connectivity index (χ3n) is 3.46. The molecule has 24 heavy (non-hydrogen) atoms. The van der Waals surface area contributed by atoms with Crippen LogP contribution in [0.25, 0.3) is 10.2 Å². The number of carbonyl (C=O) groups excluding carboxylic acids is 1. The van der Waals surface area contributed by atoms with Crippen molar-refractivity contribution < 1.29 is 14.3 Å². The fourth-order valence-corrected chi connectivity index (χ4v) is 3.20. The summed E-state index contributed by atoms with van der Waals surface area (Å²) in [5.41, 5.74) is 2.81. The molecule has 0 atom stereocenters. The number of benzene rings is 2. The zero-order valence-corrected chi connectivity index (χ0v) is 14.0. The van der Waals surface area contributed by atoms with Crippen molar-refractivity contribution >= 4 is 27.5 Å². The van der Waals surface area contributed by atoms with Crippen LogP contribution in [0, 0.1) is 18.3 Å². The van der Waals surface area contributed by atoms with E-state index in [2.05, 4.69) is 11.1 Å². The van der Waals surface area contributed by atoms with Gasteiger partial charge < -0.3 is 9.47 Å². The molecule has 3 aromatic rings. The van der Waals surface area contributed by atoms with Crippen LogP contribution in [0.4, 0.5) is 0 Å². The van der Waals surface area contributed by atoms with Gasteiger partial charge in [0.25, 0.3) is 0 Å². The number of aromatic nitrogens is 1. The summed E-state index contributed by atoms with van der Waals surface area (Å²) in [6, 6.07) is 12.8. The number of methoxy groups -OCH3 is 1. The smallest absolute Gasteiger partial charge is 0.337 e. The minimum absolute atomic E-state index is 0.268. The zero-order valence-electron chi connectivity index (χ0n) is 13.2. The number of nitrogens with zero attached hydrogens (tertiary/aromatic N) is 2. The molecule has 0 bridgehead atoms. The maximum atomic E-state index is 11.6. The maximum absolute atomic E-state index is 11.6. The first-order valence-electron chi connectivity index (χ1n) is 7.22. The van der Waals surface area contributed by atoms with Crippen molar-refractivity contribution in [3.05, 3.63) is 58.1 Å². The summed E-state index contributed by atoms with van der Waals surface area (Å²) in [7, 11) is 1.35. The van der Waals surface area contributed by atoms with E-state index in [1.54, 1.807) is 30.3 Å². The molecule has 1 heterocycles. The largest absolute Gasteiger partial charge is 0.485 e. The minimum atomic E-state index is -0.374. The van der Waals surface area contributed by atoms with Crippen molar-refractivity contribution in [2.75, 3.05) is 7.11 Å². The van der Waals surface area contributed by atoms with Gasteiger partial charge in [-0.15, -0.1) is 11.3 Å². The Balaban J connectivity index is 1.81. The number of rotatable bonds is 4. The first-order chi connectivity index (χ1) is 11.6. The predicted octanol–water partition coefficient (Wildman–Crippen LogP) is 3.84. The van der Waals surface area contributed by atoms with Crippen LogP contribution in [0.15, 0.2) is 36.4 Å². The number of aryl methyl sites for hydroxylation is 1. The van der Waals surface area contributed by atoms with Gasteiger partial charge in [0.1, 0.15) is 23.4 Å². The SMILES string of the molecule is COC(=O)c1ccc2nc(COc3ccc(C)cc3C#N)sc2c1. The van der Waals surface area contributed by atoms with Gasteiger partial charge in [-0.25, -0.2) is 9.78 Å². The van der Waals surface area contributed by atoms with Gasteiger partial charge in [0, 0.05) is 0 Å². The van der Waals surface area contributed by atoms with Crippen LogP contribution in [-0.4, -0.2) is 18.1 Å². The zero-order chi connectivity index (χ0) is 17.1. The van der Waals surface area contributed by atoms with Crippen LogP contribution in [-0.2, 0) is 11.3 Å². The van der Waals surface area contributed by atoms with Crippen LogP contribution < -0.4 is 4.74 Å². The van der Waals surface area contributed by atoms with Crippen LogP contribution in [0.2, 0.25) is 0 Å². The number of ether oxygens (including phenoxy) is 2. The fourth-order valence-electron chi connectivity index (χ4n) is 2.28. The third kappa shape index (κ3) is 3.21. The maximum Gasteiger partial charge on any atom is 0.337 e. The van der Waals surface area contributed by atoms with Crippen LogP contribution >= 0.6 is 11.3 Å². The standard InChI is InChI=1S/C18H14N2O3S/c1-11-3-6-15(13(7-11)9-19)23-10-17-20-14-5-4-12(18(21)22-2)8-16(14)24-17/h3-8H,10H2,1-2H3. The van der Waals surface area contributed by atoms with E-state index in [1.807, 2.05) is 13.0 Å². The van der Waals surface area contributed by atoms with E-state index in [0.717, 1.165) is 20.8 Å². The molecule has 0 N–H and O–H groups in total. The molecule has 0 unspecified atom stereocenters. The fraction of sp³-hybridized carbons (Fsp3) is 0.167. The molecule has 0 fully saturated rings. The second kappa shape index (κ2) is 6.69. The summed E-state index contributed by atoms with van der Waals surface area (Å²) >= 11 is 1.45. The Morgan fingerprint density at radius 3 is 2.88 bits per heavy atom. The Labute approximate surface area is 143 Å². The molecule has 0 aliphatic carbocycles. The molecule has 0 aliphatic rings. The molecule has 1 aromatic heterocycles. The van der Waals surface area contributed by atoms with Gasteiger partial charge in [-0.1, -0.05) is 6.07 Å². The van der Waals surface area contributed by atoms with Crippen LogP contribution in [0.3, 0.4) is 0 Å². The molecule has 3 rings (SSSR count). The molecular formula is C18H14N2O3S. The summed E-state index contributed by atoms with van der Waals surface area (Å²) in [5.74, 6) is 0.166. The highest BCUT2D eigenvalue weighted by molar-refractivity contribution is 7.18. The Hall–Kier alpha value is -2.91. The molecule has 0 spiro atoms. The number of hydrogen-bond acceptors (Lipinski definition) is 6. The number of thiazole rings is 1. The van der Waals surface area contributed by atoms with E-state index >= 15 is 0 Å². The number of hydrogen-bond donors (Lipinski definition) is 0. The van der Waals surface area contributed by atoms with E-state index in [4.69, 9.17) is 9.47 Å². The Morgan fingerprint density at radius 2 is 2.12 bits per heavy atom. The highest BCUT2D eigenvalue weighted by atomic mass is 32.1. The molecule has 120 valence electrons. The van der Waals surface area contributed by atoms with Gasteiger partial charge in [0.05, 0.1) is 28.5 Å². The lowest BCUT2D eigenvalue weighted by atomic mass is 10.1. The van der Waals surface area contributed by atoms with Gasteiger partial charge in [-0.05, 0) is 42.8 Å². The van der Waals surface area contributed by atoms with Gasteiger partial charge in [-0.3, -0.25) is 0 Å². The highest BCUT2D eigenvalue weighted by Crippen LogP contribution is 2.26. The monoisotopic (exact) mass is 338 g/mol. The van der Waals surface area contributed by atoms with Crippen molar-refractivity contribution in [2.45, 2.75) is 13.5 Å². The lowest BCUT2D eigenvalue weighted by Gasteiger charge is -2.06. The molecule has 6 heteroatoms. The summed E-state index contributed by atoms with van der Waals surface area (Å²) in [6.07, 6.45) is 0. The molecule has 0 saturated carbocycles. The third-order valence-corrected chi connectivity index (χ3v) is 4.45. The van der Waals surface area contributed by atoms with Crippen molar-refractivity contribution in [2.24, 2.45) is 0 Å². The first-order valence-corrected chi connectivity index (χ1v) is 8.03. The van der Waals surface area contributed by atoms with Crippen molar-refractivity contribution in [3.8, 4) is 11.8 Å². The average molecular weight is 338 g/mol. The average Bonchev–Trinajstić information content (AvgIpc) is 3.01. The highest BCUT2D eigenvalue weighted by Gasteiger charge is 2.11. The van der Waals surface area contributed by atoms with Crippen molar-refractivity contribution in [1.29, 1.82) is 5.26 Å². The second-order valence-electron chi connectivity index (χ2n) is 5.18. The van der Waals surface area contributed by atoms with Crippen molar-refractivity contribution in [3.63, 3.8) is 0 Å². The molecule has 2 aromatic carbocycles. The lowest BCUT2D eigenvalue weighted by Crippen LogP contribution is -1.99. The van der Waals surface area contributed by atoms with Gasteiger partial charge >= 0.3 is 5.97 Å². The molecular weight excluding hydrogens is 324 g/mol. The topological polar surface area (TPSA) is 72.2 Å². The van der Waals surface area contributed by atoms with Gasteiger partial charge in [0.2, 0.25) is 0 Å². The van der Waals surface area contributed by atoms with Crippen molar-refractivity contribution in [1.82, 2.24) is 4.98 Å². The van der Waals surface area contributed by atoms with E-state index in [9.17, 15) is 10.1 Å². The first kappa shape index (κ1) is 16.0. The summed E-state index contributed by atoms with van der Waals surface area (Å²) in [5, 5.41) is 9.95. The molecule has 5 nitrogen and oxygen atoms in total. The summed E-state index contributed by atoms with van der Waals surface area (Å²) in [4.78, 5) is 16.1. The molecule has 0 radical (unpaired) electrons. The number of nitriles is 1. The molecule has 0 amide bonds. The molecule has 0 saturated heterocycles. The second-order valence-corrected chi connectivity index (χ2v) is 6.30. The van der Waals surface area contributed by atoms with Crippen LogP contribution in [0.5, 0.6) is 5.75 Å². The number of esters is 1. The quantitative estimate of drug-likeness (QED) is 0.676. The molecule has 0 aliphatic heterocycles. The number of fused-ring (bicyclic) bond motifs is 1. The Bertz CT molecular complexity index is 957. The summed E-state index contributed by atoms with van der Waals surface area (Å²) in [6.45, 7) is 2.20. The van der Waals surface area contributed by atoms with E-state index < -0.39 is 0 Å².